The number of benzene rings is 1. The average molecular weight is 413 g/mol. The standard InChI is InChI=1S/C18H27FNOP.Y/c1-5-22(9-7-6-8-10-22)15(4)18(21)20-17-13(2)11-16(19)12-14(17)3;/h11-12,15H,5-10H2,1-4H3;/p+1. The van der Waals surface area contributed by atoms with E-state index >= 15 is 0 Å². The molecule has 1 atom stereocenters. The van der Waals surface area contributed by atoms with Gasteiger partial charge in [-0.05, 0) is 70.2 Å². The van der Waals surface area contributed by atoms with E-state index in [0.717, 1.165) is 23.0 Å². The smallest absolute Gasteiger partial charge is 0.264 e. The number of nitrogens with one attached hydrogen (secondary N) is 1. The van der Waals surface area contributed by atoms with Crippen LogP contribution in [0.4, 0.5) is 10.1 Å². The molecule has 2 nitrogen and oxygen atoms in total. The third-order valence-electron chi connectivity index (χ3n) is 5.28. The second-order valence-electron chi connectivity index (χ2n) is 6.62. The molecule has 125 valence electrons. The molecule has 1 aromatic carbocycles. The summed E-state index contributed by atoms with van der Waals surface area (Å²) in [6.45, 7) is 8.05. The summed E-state index contributed by atoms with van der Waals surface area (Å²) in [6, 6.07) is 2.97. The fraction of sp³-hybridized carbons (Fsp3) is 0.611. The van der Waals surface area contributed by atoms with Crippen LogP contribution in [0.15, 0.2) is 12.1 Å². The van der Waals surface area contributed by atoms with Gasteiger partial charge >= 0.3 is 0 Å². The van der Waals surface area contributed by atoms with Crippen LogP contribution >= 0.6 is 7.26 Å². The van der Waals surface area contributed by atoms with E-state index in [0.29, 0.717) is 0 Å². The average Bonchev–Trinajstić information content (AvgIpc) is 2.50. The number of anilines is 1. The summed E-state index contributed by atoms with van der Waals surface area (Å²) in [5.74, 6) is -0.124. The van der Waals surface area contributed by atoms with Crippen molar-refractivity contribution in [2.45, 2.75) is 52.6 Å². The SMILES string of the molecule is CC[P+]1(C(C)C(=O)Nc2c(C)cc(F)cc2C)CCCCC1.[Y]. The number of hydrogen-bond acceptors (Lipinski definition) is 1. The van der Waals surface area contributed by atoms with Crippen molar-refractivity contribution >= 4 is 18.9 Å². The normalized spacial score (nSPS) is 18.0. The van der Waals surface area contributed by atoms with Crippen LogP contribution in [0.2, 0.25) is 0 Å². The fourth-order valence-electron chi connectivity index (χ4n) is 3.70. The Kier molecular flexibility index (Phi) is 8.31. The van der Waals surface area contributed by atoms with Gasteiger partial charge in [-0.2, -0.15) is 0 Å². The van der Waals surface area contributed by atoms with Crippen LogP contribution in [-0.2, 0) is 37.5 Å². The predicted molar refractivity (Wildman–Crippen MR) is 95.0 cm³/mol. The van der Waals surface area contributed by atoms with Gasteiger partial charge in [-0.15, -0.1) is 0 Å². The molecular formula is C18H28FNOPY+. The van der Waals surface area contributed by atoms with Crippen molar-refractivity contribution < 1.29 is 41.9 Å². The van der Waals surface area contributed by atoms with Crippen LogP contribution in [0.5, 0.6) is 0 Å². The van der Waals surface area contributed by atoms with Crippen LogP contribution in [-0.4, -0.2) is 30.1 Å². The van der Waals surface area contributed by atoms with Gasteiger partial charge in [0.2, 0.25) is 0 Å². The Bertz CT molecular complexity index is 535. The second kappa shape index (κ2) is 9.02. The van der Waals surface area contributed by atoms with Crippen LogP contribution in [0.25, 0.3) is 0 Å². The van der Waals surface area contributed by atoms with E-state index in [4.69, 9.17) is 0 Å². The monoisotopic (exact) mass is 413 g/mol. The third kappa shape index (κ3) is 4.83. The van der Waals surface area contributed by atoms with Crippen LogP contribution in [0, 0.1) is 19.7 Å². The molecular weight excluding hydrogens is 385 g/mol. The molecule has 1 aromatic rings. The van der Waals surface area contributed by atoms with E-state index in [1.807, 2.05) is 13.8 Å². The van der Waals surface area contributed by atoms with E-state index in [2.05, 4.69) is 19.2 Å². The van der Waals surface area contributed by atoms with Gasteiger partial charge in [-0.3, -0.25) is 4.79 Å². The van der Waals surface area contributed by atoms with Crippen LogP contribution in [0.1, 0.15) is 44.2 Å². The molecule has 0 bridgehead atoms. The zero-order valence-corrected chi connectivity index (χ0v) is 18.5. The summed E-state index contributed by atoms with van der Waals surface area (Å²) in [5.41, 5.74) is 2.47. The summed E-state index contributed by atoms with van der Waals surface area (Å²) >= 11 is 0. The summed E-state index contributed by atoms with van der Waals surface area (Å²) in [4.78, 5) is 12.8. The molecule has 1 heterocycles. The largest absolute Gasteiger partial charge is 0.322 e. The summed E-state index contributed by atoms with van der Waals surface area (Å²) in [5, 5.41) is 3.08. The molecule has 5 heteroatoms. The zero-order chi connectivity index (χ0) is 16.3. The number of aryl methyl sites for hydroxylation is 2. The summed E-state index contributed by atoms with van der Waals surface area (Å²) in [7, 11) is -1.18. The number of hydrogen-bond donors (Lipinski definition) is 1. The first-order valence-electron chi connectivity index (χ1n) is 8.33. The Hall–Kier alpha value is 0.154. The number of rotatable bonds is 4. The van der Waals surface area contributed by atoms with Crippen molar-refractivity contribution in [1.82, 2.24) is 0 Å². The molecule has 0 saturated carbocycles. The molecule has 23 heavy (non-hydrogen) atoms. The van der Waals surface area contributed by atoms with Crippen molar-refractivity contribution in [3.8, 4) is 0 Å². The number of amides is 1. The van der Waals surface area contributed by atoms with Crippen LogP contribution < -0.4 is 5.32 Å². The maximum Gasteiger partial charge on any atom is 0.264 e. The Morgan fingerprint density at radius 2 is 1.74 bits per heavy atom. The van der Waals surface area contributed by atoms with Gasteiger partial charge in [0, 0.05) is 45.7 Å². The van der Waals surface area contributed by atoms with Crippen molar-refractivity contribution in [2.75, 3.05) is 23.8 Å². The van der Waals surface area contributed by atoms with Crippen molar-refractivity contribution in [2.24, 2.45) is 0 Å². The predicted octanol–water partition coefficient (Wildman–Crippen LogP) is 4.99. The van der Waals surface area contributed by atoms with E-state index in [1.54, 1.807) is 0 Å². The first kappa shape index (κ1) is 21.2. The number of carbonyl (C=O) groups is 1. The van der Waals surface area contributed by atoms with E-state index in [-0.39, 0.29) is 50.1 Å². The Labute approximate surface area is 165 Å². The minimum absolute atomic E-state index is 0. The van der Waals surface area contributed by atoms with E-state index in [1.165, 1.54) is 43.7 Å². The molecule has 0 spiro atoms. The van der Waals surface area contributed by atoms with Gasteiger partial charge in [-0.25, -0.2) is 4.39 Å². The van der Waals surface area contributed by atoms with E-state index < -0.39 is 7.26 Å². The molecule has 1 aliphatic rings. The van der Waals surface area contributed by atoms with Gasteiger partial charge in [0.25, 0.3) is 5.91 Å². The Morgan fingerprint density at radius 3 is 2.22 bits per heavy atom. The maximum atomic E-state index is 13.4. The summed E-state index contributed by atoms with van der Waals surface area (Å²) in [6.07, 6.45) is 7.51. The molecule has 2 rings (SSSR count). The quantitative estimate of drug-likeness (QED) is 0.693. The van der Waals surface area contributed by atoms with Gasteiger partial charge in [0.15, 0.2) is 0 Å². The van der Waals surface area contributed by atoms with Crippen molar-refractivity contribution in [3.63, 3.8) is 0 Å². The number of carbonyl (C=O) groups excluding carboxylic acids is 1. The zero-order valence-electron chi connectivity index (χ0n) is 14.8. The van der Waals surface area contributed by atoms with Crippen molar-refractivity contribution in [3.05, 3.63) is 29.1 Å². The molecule has 1 N–H and O–H groups in total. The minimum Gasteiger partial charge on any atom is -0.322 e. The molecule has 1 aliphatic heterocycles. The van der Waals surface area contributed by atoms with Gasteiger partial charge in [-0.1, -0.05) is 0 Å². The molecule has 0 aromatic heterocycles. The van der Waals surface area contributed by atoms with E-state index in [9.17, 15) is 9.18 Å². The van der Waals surface area contributed by atoms with Crippen molar-refractivity contribution in [1.29, 1.82) is 0 Å². The first-order valence-corrected chi connectivity index (χ1v) is 10.7. The molecule has 1 unspecified atom stereocenters. The van der Waals surface area contributed by atoms with Gasteiger partial charge in [0.1, 0.15) is 11.5 Å². The van der Waals surface area contributed by atoms with Gasteiger partial charge in [0.05, 0.1) is 18.5 Å². The minimum atomic E-state index is -1.18. The molecule has 1 radical (unpaired) electrons. The van der Waals surface area contributed by atoms with Crippen LogP contribution in [0.3, 0.4) is 0 Å². The topological polar surface area (TPSA) is 29.1 Å². The first-order chi connectivity index (χ1) is 10.4. The van der Waals surface area contributed by atoms with Gasteiger partial charge < -0.3 is 5.32 Å². The molecule has 1 fully saturated rings. The maximum absolute atomic E-state index is 13.4. The summed E-state index contributed by atoms with van der Waals surface area (Å²) < 4.78 is 13.4. The second-order valence-corrected chi connectivity index (χ2v) is 11.4. The molecule has 1 saturated heterocycles. The fourth-order valence-corrected chi connectivity index (χ4v) is 8.15. The third-order valence-corrected chi connectivity index (χ3v) is 10.8. The molecule has 1 amide bonds. The number of halogens is 1. The Morgan fingerprint density at radius 1 is 1.22 bits per heavy atom. The molecule has 0 aliphatic carbocycles. The Balaban J connectivity index is 0.00000264.